The third-order valence-corrected chi connectivity index (χ3v) is 2.78. The lowest BCUT2D eigenvalue weighted by molar-refractivity contribution is 0.884. The van der Waals surface area contributed by atoms with Gasteiger partial charge in [-0.15, -0.1) is 11.6 Å². The van der Waals surface area contributed by atoms with Crippen molar-refractivity contribution < 1.29 is 0 Å². The molecule has 0 aliphatic carbocycles. The molecule has 0 aliphatic heterocycles. The number of benzene rings is 1. The van der Waals surface area contributed by atoms with Crippen molar-refractivity contribution in [2.75, 3.05) is 0 Å². The molecule has 0 nitrogen and oxygen atoms in total. The molecule has 3 heteroatoms. The molecule has 0 N–H and O–H groups in total. The van der Waals surface area contributed by atoms with Crippen LogP contribution in [-0.4, -0.2) is 0 Å². The molecule has 0 spiro atoms. The fourth-order valence-electron chi connectivity index (χ4n) is 0.975. The molecule has 1 aromatic carbocycles. The van der Waals surface area contributed by atoms with Gasteiger partial charge in [0.25, 0.3) is 0 Å². The van der Waals surface area contributed by atoms with Crippen molar-refractivity contribution in [2.24, 2.45) is 0 Å². The van der Waals surface area contributed by atoms with E-state index in [9.17, 15) is 0 Å². The molecule has 66 valence electrons. The van der Waals surface area contributed by atoms with E-state index in [1.165, 1.54) is 0 Å². The van der Waals surface area contributed by atoms with Gasteiger partial charge < -0.3 is 0 Å². The third kappa shape index (κ3) is 2.29. The summed E-state index contributed by atoms with van der Waals surface area (Å²) in [6.45, 7) is 2.01. The maximum absolute atomic E-state index is 6.02. The van der Waals surface area contributed by atoms with Crippen molar-refractivity contribution >= 4 is 34.8 Å². The first kappa shape index (κ1) is 10.2. The van der Waals surface area contributed by atoms with E-state index in [1.807, 2.05) is 13.0 Å². The molecule has 0 saturated carbocycles. The molecule has 0 fully saturated rings. The molecule has 1 aromatic rings. The van der Waals surface area contributed by atoms with E-state index in [0.29, 0.717) is 10.0 Å². The van der Waals surface area contributed by atoms with Gasteiger partial charge in [-0.2, -0.15) is 0 Å². The van der Waals surface area contributed by atoms with E-state index < -0.39 is 0 Å². The highest BCUT2D eigenvalue weighted by Gasteiger charge is 2.09. The maximum atomic E-state index is 6.02. The zero-order valence-electron chi connectivity index (χ0n) is 6.65. The van der Waals surface area contributed by atoms with Crippen molar-refractivity contribution in [3.63, 3.8) is 0 Å². The Balaban J connectivity index is 3.04. The molecule has 1 unspecified atom stereocenters. The Hall–Kier alpha value is 0.0900. The van der Waals surface area contributed by atoms with Gasteiger partial charge in [-0.1, -0.05) is 30.1 Å². The van der Waals surface area contributed by atoms with Crippen LogP contribution in [0.5, 0.6) is 0 Å². The van der Waals surface area contributed by atoms with Crippen LogP contribution in [0.15, 0.2) is 18.2 Å². The Morgan fingerprint density at radius 3 is 2.58 bits per heavy atom. The zero-order valence-corrected chi connectivity index (χ0v) is 8.92. The second-order valence-electron chi connectivity index (χ2n) is 2.54. The summed E-state index contributed by atoms with van der Waals surface area (Å²) in [5, 5.41) is 1.31. The molecule has 1 rings (SSSR count). The first-order chi connectivity index (χ1) is 5.65. The van der Waals surface area contributed by atoms with Crippen LogP contribution in [-0.2, 0) is 0 Å². The summed E-state index contributed by atoms with van der Waals surface area (Å²) in [6.07, 6.45) is 0.849. The monoisotopic (exact) mass is 222 g/mol. The van der Waals surface area contributed by atoms with Crippen LogP contribution in [0.25, 0.3) is 0 Å². The van der Waals surface area contributed by atoms with E-state index in [1.54, 1.807) is 12.1 Å². The SMILES string of the molecule is CCC(Cl)c1cc(Cl)ccc1Cl. The van der Waals surface area contributed by atoms with Crippen LogP contribution in [0.4, 0.5) is 0 Å². The first-order valence-corrected chi connectivity index (χ1v) is 4.93. The molecule has 0 aromatic heterocycles. The minimum atomic E-state index is -0.0452. The van der Waals surface area contributed by atoms with Gasteiger partial charge in [-0.3, -0.25) is 0 Å². The molecule has 1 atom stereocenters. The molecule has 0 heterocycles. The number of halogens is 3. The lowest BCUT2D eigenvalue weighted by atomic mass is 10.1. The van der Waals surface area contributed by atoms with Gasteiger partial charge in [0.2, 0.25) is 0 Å². The molecule has 0 aliphatic rings. The van der Waals surface area contributed by atoms with Gasteiger partial charge in [0.15, 0.2) is 0 Å². The van der Waals surface area contributed by atoms with Gasteiger partial charge in [0, 0.05) is 10.0 Å². The maximum Gasteiger partial charge on any atom is 0.0597 e. The van der Waals surface area contributed by atoms with Gasteiger partial charge in [-0.05, 0) is 30.2 Å². The summed E-state index contributed by atoms with van der Waals surface area (Å²) in [6, 6.07) is 5.34. The Morgan fingerprint density at radius 2 is 2.00 bits per heavy atom. The van der Waals surface area contributed by atoms with Crippen molar-refractivity contribution in [3.05, 3.63) is 33.8 Å². The van der Waals surface area contributed by atoms with Crippen LogP contribution in [0.2, 0.25) is 10.0 Å². The highest BCUT2D eigenvalue weighted by atomic mass is 35.5. The fourth-order valence-corrected chi connectivity index (χ4v) is 1.64. The molecular formula is C9H9Cl3. The number of hydrogen-bond acceptors (Lipinski definition) is 0. The standard InChI is InChI=1S/C9H9Cl3/c1-2-8(11)7-5-6(10)3-4-9(7)12/h3-5,8H,2H2,1H3. The minimum Gasteiger partial charge on any atom is -0.118 e. The Bertz CT molecular complexity index is 270. The van der Waals surface area contributed by atoms with Gasteiger partial charge in [0.05, 0.1) is 5.38 Å². The molecule has 0 saturated heterocycles. The second kappa shape index (κ2) is 4.36. The molecule has 0 amide bonds. The zero-order chi connectivity index (χ0) is 9.14. The van der Waals surface area contributed by atoms with E-state index in [4.69, 9.17) is 34.8 Å². The van der Waals surface area contributed by atoms with Crippen molar-refractivity contribution in [1.82, 2.24) is 0 Å². The van der Waals surface area contributed by atoms with Crippen LogP contribution < -0.4 is 0 Å². The summed E-state index contributed by atoms with van der Waals surface area (Å²) in [7, 11) is 0. The third-order valence-electron chi connectivity index (χ3n) is 1.65. The molecular weight excluding hydrogens is 214 g/mol. The lowest BCUT2D eigenvalue weighted by Crippen LogP contribution is -1.89. The number of hydrogen-bond donors (Lipinski definition) is 0. The average molecular weight is 224 g/mol. The quantitative estimate of drug-likeness (QED) is 0.639. The van der Waals surface area contributed by atoms with Crippen molar-refractivity contribution in [2.45, 2.75) is 18.7 Å². The average Bonchev–Trinajstić information content (AvgIpc) is 2.08. The van der Waals surface area contributed by atoms with E-state index in [-0.39, 0.29) is 5.38 Å². The second-order valence-corrected chi connectivity index (χ2v) is 3.91. The van der Waals surface area contributed by atoms with Gasteiger partial charge in [0.1, 0.15) is 0 Å². The Morgan fingerprint density at radius 1 is 1.33 bits per heavy atom. The Labute approximate surface area is 87.4 Å². The highest BCUT2D eigenvalue weighted by Crippen LogP contribution is 2.31. The summed E-state index contributed by atoms with van der Waals surface area (Å²) < 4.78 is 0. The van der Waals surface area contributed by atoms with E-state index >= 15 is 0 Å². The van der Waals surface area contributed by atoms with Crippen LogP contribution in [0.1, 0.15) is 24.3 Å². The number of alkyl halides is 1. The van der Waals surface area contributed by atoms with Crippen molar-refractivity contribution in [1.29, 1.82) is 0 Å². The smallest absolute Gasteiger partial charge is 0.0597 e. The summed E-state index contributed by atoms with van der Waals surface area (Å²) in [5.41, 5.74) is 0.910. The van der Waals surface area contributed by atoms with E-state index in [0.717, 1.165) is 12.0 Å². The first-order valence-electron chi connectivity index (χ1n) is 3.74. The van der Waals surface area contributed by atoms with Crippen LogP contribution >= 0.6 is 34.8 Å². The molecule has 12 heavy (non-hydrogen) atoms. The lowest BCUT2D eigenvalue weighted by Gasteiger charge is -2.08. The summed E-state index contributed by atoms with van der Waals surface area (Å²) in [4.78, 5) is 0. The summed E-state index contributed by atoms with van der Waals surface area (Å²) >= 11 is 17.8. The minimum absolute atomic E-state index is 0.0452. The Kier molecular flexibility index (Phi) is 3.70. The highest BCUT2D eigenvalue weighted by molar-refractivity contribution is 6.34. The van der Waals surface area contributed by atoms with E-state index in [2.05, 4.69) is 0 Å². The largest absolute Gasteiger partial charge is 0.118 e. The van der Waals surface area contributed by atoms with Crippen molar-refractivity contribution in [3.8, 4) is 0 Å². The van der Waals surface area contributed by atoms with Gasteiger partial charge in [-0.25, -0.2) is 0 Å². The molecule has 0 bridgehead atoms. The van der Waals surface area contributed by atoms with Crippen LogP contribution in [0.3, 0.4) is 0 Å². The predicted octanol–water partition coefficient (Wildman–Crippen LogP) is 4.68. The normalized spacial score (nSPS) is 13.0. The van der Waals surface area contributed by atoms with Gasteiger partial charge >= 0.3 is 0 Å². The summed E-state index contributed by atoms with van der Waals surface area (Å²) in [5.74, 6) is 0. The topological polar surface area (TPSA) is 0 Å². The predicted molar refractivity (Wildman–Crippen MR) is 55.3 cm³/mol. The number of rotatable bonds is 2. The fraction of sp³-hybridized carbons (Fsp3) is 0.333. The molecule has 0 radical (unpaired) electrons. The van der Waals surface area contributed by atoms with Crippen LogP contribution in [0, 0.1) is 0 Å².